The minimum atomic E-state index is 0.888. The summed E-state index contributed by atoms with van der Waals surface area (Å²) in [5.41, 5.74) is 11.2. The van der Waals surface area contributed by atoms with Crippen LogP contribution in [-0.4, -0.2) is 9.13 Å². The van der Waals surface area contributed by atoms with Crippen LogP contribution in [-0.2, 0) is 0 Å². The number of benzene rings is 7. The van der Waals surface area contributed by atoms with Gasteiger partial charge in [-0.05, 0) is 65.7 Å². The average molecular weight is 575 g/mol. The van der Waals surface area contributed by atoms with Crippen LogP contribution >= 0.6 is 0 Å². The fraction of sp³-hybridized carbons (Fsp3) is 0. The number of hydrogen-bond acceptors (Lipinski definition) is 1. The number of hydrogen-bond donors (Lipinski definition) is 0. The van der Waals surface area contributed by atoms with Gasteiger partial charge in [-0.3, -0.25) is 0 Å². The highest BCUT2D eigenvalue weighted by atomic mass is 16.3. The van der Waals surface area contributed by atoms with E-state index in [0.29, 0.717) is 0 Å². The topological polar surface area (TPSA) is 23.0 Å². The van der Waals surface area contributed by atoms with Crippen LogP contribution in [0.25, 0.3) is 88.1 Å². The Morgan fingerprint density at radius 3 is 1.64 bits per heavy atom. The molecule has 0 N–H and O–H groups in total. The molecule has 3 aromatic heterocycles. The van der Waals surface area contributed by atoms with E-state index in [4.69, 9.17) is 4.42 Å². The molecule has 10 rings (SSSR count). The highest BCUT2D eigenvalue weighted by molar-refractivity contribution is 6.18. The number of para-hydroxylation sites is 3. The lowest BCUT2D eigenvalue weighted by Gasteiger charge is -2.12. The van der Waals surface area contributed by atoms with Crippen molar-refractivity contribution in [2.24, 2.45) is 0 Å². The van der Waals surface area contributed by atoms with E-state index in [9.17, 15) is 0 Å². The second-order valence-electron chi connectivity index (χ2n) is 11.7. The van der Waals surface area contributed by atoms with Crippen LogP contribution < -0.4 is 0 Å². The van der Waals surface area contributed by atoms with Gasteiger partial charge in [0.15, 0.2) is 0 Å². The van der Waals surface area contributed by atoms with Crippen molar-refractivity contribution in [2.75, 3.05) is 0 Å². The van der Waals surface area contributed by atoms with Gasteiger partial charge in [0.2, 0.25) is 0 Å². The molecule has 0 aliphatic carbocycles. The van der Waals surface area contributed by atoms with Crippen LogP contribution in [0.1, 0.15) is 0 Å². The predicted molar refractivity (Wildman–Crippen MR) is 188 cm³/mol. The third kappa shape index (κ3) is 3.41. The summed E-state index contributed by atoms with van der Waals surface area (Å²) in [5.74, 6) is 0. The van der Waals surface area contributed by atoms with Crippen LogP contribution in [0.15, 0.2) is 162 Å². The van der Waals surface area contributed by atoms with Crippen molar-refractivity contribution in [3.05, 3.63) is 158 Å². The lowest BCUT2D eigenvalue weighted by atomic mass is 9.99. The minimum absolute atomic E-state index is 0.888. The molecule has 3 heteroatoms. The monoisotopic (exact) mass is 574 g/mol. The summed E-state index contributed by atoms with van der Waals surface area (Å²) < 4.78 is 11.3. The summed E-state index contributed by atoms with van der Waals surface area (Å²) in [4.78, 5) is 0. The molecule has 3 heterocycles. The molecule has 0 aliphatic heterocycles. The van der Waals surface area contributed by atoms with Crippen LogP contribution in [0.4, 0.5) is 0 Å². The molecule has 0 atom stereocenters. The molecule has 0 spiro atoms. The van der Waals surface area contributed by atoms with Crippen LogP contribution in [0.5, 0.6) is 0 Å². The maximum Gasteiger partial charge on any atom is 0.137 e. The highest BCUT2D eigenvalue weighted by Crippen LogP contribution is 2.42. The fourth-order valence-electron chi connectivity index (χ4n) is 7.45. The van der Waals surface area contributed by atoms with E-state index in [1.165, 1.54) is 54.7 Å². The lowest BCUT2D eigenvalue weighted by molar-refractivity contribution is 0.669. The lowest BCUT2D eigenvalue weighted by Crippen LogP contribution is -1.96. The van der Waals surface area contributed by atoms with E-state index in [-0.39, 0.29) is 0 Å². The van der Waals surface area contributed by atoms with Gasteiger partial charge in [0, 0.05) is 32.6 Å². The van der Waals surface area contributed by atoms with E-state index < -0.39 is 0 Å². The Morgan fingerprint density at radius 1 is 0.378 bits per heavy atom. The number of nitrogens with zero attached hydrogens (tertiary/aromatic N) is 2. The van der Waals surface area contributed by atoms with E-state index in [2.05, 4.69) is 167 Å². The third-order valence-electron chi connectivity index (χ3n) is 9.32. The largest absolute Gasteiger partial charge is 0.456 e. The zero-order valence-corrected chi connectivity index (χ0v) is 24.3. The van der Waals surface area contributed by atoms with Gasteiger partial charge < -0.3 is 13.6 Å². The van der Waals surface area contributed by atoms with Crippen molar-refractivity contribution in [3.8, 4) is 22.5 Å². The van der Waals surface area contributed by atoms with Crippen molar-refractivity contribution >= 4 is 65.6 Å². The summed E-state index contributed by atoms with van der Waals surface area (Å²) in [6, 6.07) is 56.4. The minimum Gasteiger partial charge on any atom is -0.456 e. The third-order valence-corrected chi connectivity index (χ3v) is 9.32. The number of furan rings is 1. The van der Waals surface area contributed by atoms with Crippen molar-refractivity contribution in [1.29, 1.82) is 0 Å². The van der Waals surface area contributed by atoms with Gasteiger partial charge in [-0.25, -0.2) is 0 Å². The maximum atomic E-state index is 6.51. The molecule has 0 radical (unpaired) electrons. The van der Waals surface area contributed by atoms with Crippen molar-refractivity contribution in [3.63, 3.8) is 0 Å². The normalized spacial score (nSPS) is 12.0. The summed E-state index contributed by atoms with van der Waals surface area (Å²) in [6.45, 7) is 0. The molecule has 0 unspecified atom stereocenters. The summed E-state index contributed by atoms with van der Waals surface area (Å²) in [7, 11) is 0. The molecule has 0 fully saturated rings. The number of fused-ring (bicyclic) bond motifs is 9. The molecule has 45 heavy (non-hydrogen) atoms. The molecule has 0 aliphatic rings. The predicted octanol–water partition coefficient (Wildman–Crippen LogP) is 11.4. The van der Waals surface area contributed by atoms with Crippen molar-refractivity contribution < 1.29 is 4.42 Å². The molecular weight excluding hydrogens is 548 g/mol. The molecule has 0 bridgehead atoms. The Balaban J connectivity index is 1.30. The summed E-state index contributed by atoms with van der Waals surface area (Å²) >= 11 is 0. The Bertz CT molecular complexity index is 2710. The quantitative estimate of drug-likeness (QED) is 0.206. The molecule has 0 amide bonds. The average Bonchev–Trinajstić information content (AvgIpc) is 3.76. The van der Waals surface area contributed by atoms with E-state index in [1.54, 1.807) is 0 Å². The molecule has 3 nitrogen and oxygen atoms in total. The van der Waals surface area contributed by atoms with Gasteiger partial charge in [0.05, 0.1) is 33.1 Å². The van der Waals surface area contributed by atoms with Gasteiger partial charge in [0.25, 0.3) is 0 Å². The van der Waals surface area contributed by atoms with Crippen molar-refractivity contribution in [1.82, 2.24) is 9.13 Å². The molecular formula is C42H26N2O. The standard InChI is InChI=1S/C42H26N2O/c1-2-12-27(13-3-1)29-17-10-22-39-41(29)42-38(21-11-23-40(42)45-39)44-36-20-9-6-16-32(36)33-26-28(24-25-37(33)44)43-34-18-7-4-14-30(34)31-15-5-8-19-35(31)43/h1-26H. The smallest absolute Gasteiger partial charge is 0.137 e. The number of aromatic nitrogens is 2. The van der Waals surface area contributed by atoms with Crippen LogP contribution in [0.2, 0.25) is 0 Å². The first-order chi connectivity index (χ1) is 22.3. The van der Waals surface area contributed by atoms with Gasteiger partial charge in [-0.15, -0.1) is 0 Å². The zero-order chi connectivity index (χ0) is 29.5. The van der Waals surface area contributed by atoms with Crippen molar-refractivity contribution in [2.45, 2.75) is 0 Å². The highest BCUT2D eigenvalue weighted by Gasteiger charge is 2.20. The molecule has 7 aromatic carbocycles. The second kappa shape index (κ2) is 9.22. The zero-order valence-electron chi connectivity index (χ0n) is 24.3. The first-order valence-electron chi connectivity index (χ1n) is 15.4. The van der Waals surface area contributed by atoms with E-state index >= 15 is 0 Å². The van der Waals surface area contributed by atoms with Gasteiger partial charge in [-0.1, -0.05) is 103 Å². The second-order valence-corrected chi connectivity index (χ2v) is 11.7. The summed E-state index contributed by atoms with van der Waals surface area (Å²) in [6.07, 6.45) is 0. The Morgan fingerprint density at radius 2 is 0.933 bits per heavy atom. The van der Waals surface area contributed by atoms with Gasteiger partial charge >= 0.3 is 0 Å². The Kier molecular flexibility index (Phi) is 5.00. The summed E-state index contributed by atoms with van der Waals surface area (Å²) in [5, 5.41) is 7.25. The molecule has 210 valence electrons. The van der Waals surface area contributed by atoms with E-state index in [1.807, 2.05) is 0 Å². The molecule has 10 aromatic rings. The Labute approximate surface area is 258 Å². The molecule has 0 saturated carbocycles. The first-order valence-corrected chi connectivity index (χ1v) is 15.4. The van der Waals surface area contributed by atoms with Gasteiger partial charge in [0.1, 0.15) is 11.2 Å². The SMILES string of the molecule is c1ccc(-c2cccc3oc4cccc(-n5c6ccccc6c6cc(-n7c8ccccc8c8ccccc87)ccc65)c4c23)cc1. The fourth-order valence-corrected chi connectivity index (χ4v) is 7.45. The van der Waals surface area contributed by atoms with Gasteiger partial charge in [-0.2, -0.15) is 0 Å². The molecule has 0 saturated heterocycles. The maximum absolute atomic E-state index is 6.51. The van der Waals surface area contributed by atoms with Crippen LogP contribution in [0.3, 0.4) is 0 Å². The van der Waals surface area contributed by atoms with E-state index in [0.717, 1.165) is 33.3 Å². The van der Waals surface area contributed by atoms with Crippen LogP contribution in [0, 0.1) is 0 Å². The Hall–Kier alpha value is -6.06. The number of rotatable bonds is 3. The first kappa shape index (κ1) is 24.4.